The molecule has 0 saturated carbocycles. The van der Waals surface area contributed by atoms with Gasteiger partial charge in [0.05, 0.1) is 6.61 Å². The van der Waals surface area contributed by atoms with Crippen LogP contribution in [0.3, 0.4) is 0 Å². The van der Waals surface area contributed by atoms with Gasteiger partial charge in [0.15, 0.2) is 11.5 Å². The number of hydrogen-bond donors (Lipinski definition) is 0. The Morgan fingerprint density at radius 3 is 2.61 bits per heavy atom. The standard InChI is InChI=1S/C14H19BrO3/c1-3-14(4-2,8-15)9-16-11-5-6-12-13(7-11)18-10-17-12/h5-7H,3-4,8-10H2,1-2H3. The Hall–Kier alpha value is -0.900. The second kappa shape index (κ2) is 5.83. The van der Waals surface area contributed by atoms with Crippen molar-refractivity contribution in [3.63, 3.8) is 0 Å². The molecule has 1 aromatic rings. The van der Waals surface area contributed by atoms with Gasteiger partial charge in [-0.1, -0.05) is 29.8 Å². The highest BCUT2D eigenvalue weighted by molar-refractivity contribution is 9.09. The third-order valence-corrected chi connectivity index (χ3v) is 4.86. The molecule has 1 aliphatic rings. The molecule has 3 nitrogen and oxygen atoms in total. The Kier molecular flexibility index (Phi) is 4.38. The Morgan fingerprint density at radius 1 is 1.22 bits per heavy atom. The van der Waals surface area contributed by atoms with Crippen molar-refractivity contribution in [3.8, 4) is 17.2 Å². The van der Waals surface area contributed by atoms with Gasteiger partial charge in [0.1, 0.15) is 5.75 Å². The molecule has 0 aromatic heterocycles. The van der Waals surface area contributed by atoms with Crippen LogP contribution in [0, 0.1) is 5.41 Å². The highest BCUT2D eigenvalue weighted by Crippen LogP contribution is 2.36. The van der Waals surface area contributed by atoms with Crippen LogP contribution in [-0.4, -0.2) is 18.7 Å². The van der Waals surface area contributed by atoms with Crippen LogP contribution in [0.5, 0.6) is 17.2 Å². The minimum Gasteiger partial charge on any atom is -0.493 e. The Morgan fingerprint density at radius 2 is 1.94 bits per heavy atom. The molecule has 2 rings (SSSR count). The zero-order valence-corrected chi connectivity index (χ0v) is 12.5. The molecule has 1 aliphatic heterocycles. The topological polar surface area (TPSA) is 27.7 Å². The van der Waals surface area contributed by atoms with Gasteiger partial charge in [0, 0.05) is 16.8 Å². The lowest BCUT2D eigenvalue weighted by atomic mass is 9.86. The maximum atomic E-state index is 5.90. The molecule has 0 saturated heterocycles. The van der Waals surface area contributed by atoms with Crippen molar-refractivity contribution in [2.75, 3.05) is 18.7 Å². The number of fused-ring (bicyclic) bond motifs is 1. The van der Waals surface area contributed by atoms with Gasteiger partial charge in [-0.25, -0.2) is 0 Å². The molecule has 0 N–H and O–H groups in total. The van der Waals surface area contributed by atoms with E-state index in [9.17, 15) is 0 Å². The van der Waals surface area contributed by atoms with E-state index in [0.717, 1.165) is 35.4 Å². The van der Waals surface area contributed by atoms with Crippen LogP contribution in [0.4, 0.5) is 0 Å². The monoisotopic (exact) mass is 314 g/mol. The fourth-order valence-corrected chi connectivity index (χ4v) is 2.84. The van der Waals surface area contributed by atoms with E-state index >= 15 is 0 Å². The smallest absolute Gasteiger partial charge is 0.231 e. The van der Waals surface area contributed by atoms with Gasteiger partial charge in [-0.15, -0.1) is 0 Å². The van der Waals surface area contributed by atoms with Gasteiger partial charge < -0.3 is 14.2 Å². The second-order valence-electron chi connectivity index (χ2n) is 4.64. The molecule has 0 amide bonds. The fourth-order valence-electron chi connectivity index (χ4n) is 1.88. The third-order valence-electron chi connectivity index (χ3n) is 3.67. The van der Waals surface area contributed by atoms with Crippen LogP contribution in [0.1, 0.15) is 26.7 Å². The summed E-state index contributed by atoms with van der Waals surface area (Å²) < 4.78 is 16.5. The van der Waals surface area contributed by atoms with Crippen LogP contribution in [0.25, 0.3) is 0 Å². The summed E-state index contributed by atoms with van der Waals surface area (Å²) in [5, 5.41) is 0.956. The second-order valence-corrected chi connectivity index (χ2v) is 5.21. The Balaban J connectivity index is 2.01. The zero-order chi connectivity index (χ0) is 13.0. The zero-order valence-electron chi connectivity index (χ0n) is 10.9. The van der Waals surface area contributed by atoms with Crippen LogP contribution < -0.4 is 14.2 Å². The average molecular weight is 315 g/mol. The summed E-state index contributed by atoms with van der Waals surface area (Å²) in [5.41, 5.74) is 0.205. The number of rotatable bonds is 6. The summed E-state index contributed by atoms with van der Waals surface area (Å²) >= 11 is 3.59. The van der Waals surface area contributed by atoms with Crippen LogP contribution in [0.2, 0.25) is 0 Å². The first-order chi connectivity index (χ1) is 8.73. The van der Waals surface area contributed by atoms with E-state index in [-0.39, 0.29) is 5.41 Å². The van der Waals surface area contributed by atoms with Crippen molar-refractivity contribution >= 4 is 15.9 Å². The molecule has 0 fully saturated rings. The van der Waals surface area contributed by atoms with E-state index in [1.54, 1.807) is 0 Å². The van der Waals surface area contributed by atoms with Crippen molar-refractivity contribution in [1.29, 1.82) is 0 Å². The summed E-state index contributed by atoms with van der Waals surface area (Å²) in [7, 11) is 0. The predicted octanol–water partition coefficient (Wildman–Crippen LogP) is 4.00. The van der Waals surface area contributed by atoms with Crippen molar-refractivity contribution in [1.82, 2.24) is 0 Å². The lowest BCUT2D eigenvalue weighted by Crippen LogP contribution is -2.28. The molecule has 0 spiro atoms. The first kappa shape index (κ1) is 13.5. The van der Waals surface area contributed by atoms with E-state index < -0.39 is 0 Å². The molecular formula is C14H19BrO3. The number of halogens is 1. The van der Waals surface area contributed by atoms with Crippen molar-refractivity contribution < 1.29 is 14.2 Å². The van der Waals surface area contributed by atoms with Crippen LogP contribution >= 0.6 is 15.9 Å². The Bertz CT molecular complexity index is 394. The molecule has 0 unspecified atom stereocenters. The normalized spacial score (nSPS) is 13.7. The largest absolute Gasteiger partial charge is 0.493 e. The van der Waals surface area contributed by atoms with Gasteiger partial charge in [-0.2, -0.15) is 0 Å². The fraction of sp³-hybridized carbons (Fsp3) is 0.571. The highest BCUT2D eigenvalue weighted by Gasteiger charge is 2.26. The predicted molar refractivity (Wildman–Crippen MR) is 74.9 cm³/mol. The molecule has 1 heterocycles. The number of ether oxygens (including phenoxy) is 3. The van der Waals surface area contributed by atoms with E-state index in [0.29, 0.717) is 13.4 Å². The summed E-state index contributed by atoms with van der Waals surface area (Å²) in [4.78, 5) is 0. The molecule has 0 radical (unpaired) electrons. The number of alkyl halides is 1. The first-order valence-corrected chi connectivity index (χ1v) is 7.43. The van der Waals surface area contributed by atoms with E-state index in [1.165, 1.54) is 0 Å². The van der Waals surface area contributed by atoms with Gasteiger partial charge in [-0.05, 0) is 25.0 Å². The molecule has 18 heavy (non-hydrogen) atoms. The van der Waals surface area contributed by atoms with E-state index in [2.05, 4.69) is 29.8 Å². The molecule has 0 atom stereocenters. The van der Waals surface area contributed by atoms with Gasteiger partial charge in [0.25, 0.3) is 0 Å². The average Bonchev–Trinajstić information content (AvgIpc) is 2.88. The van der Waals surface area contributed by atoms with E-state index in [1.807, 2.05) is 18.2 Å². The molecule has 0 bridgehead atoms. The lowest BCUT2D eigenvalue weighted by Gasteiger charge is -2.29. The van der Waals surface area contributed by atoms with Crippen molar-refractivity contribution in [2.24, 2.45) is 5.41 Å². The quantitative estimate of drug-likeness (QED) is 0.743. The molecule has 100 valence electrons. The van der Waals surface area contributed by atoms with Gasteiger partial charge >= 0.3 is 0 Å². The summed E-state index contributed by atoms with van der Waals surface area (Å²) in [6, 6.07) is 5.72. The number of hydrogen-bond acceptors (Lipinski definition) is 3. The highest BCUT2D eigenvalue weighted by atomic mass is 79.9. The summed E-state index contributed by atoms with van der Waals surface area (Å²) in [6.07, 6.45) is 2.19. The minimum atomic E-state index is 0.205. The third kappa shape index (κ3) is 2.74. The Labute approximate surface area is 117 Å². The SMILES string of the molecule is CCC(CC)(CBr)COc1ccc2c(c1)OCO2. The number of benzene rings is 1. The molecule has 4 heteroatoms. The van der Waals surface area contributed by atoms with Crippen molar-refractivity contribution in [3.05, 3.63) is 18.2 Å². The summed E-state index contributed by atoms with van der Waals surface area (Å²) in [5.74, 6) is 2.40. The first-order valence-electron chi connectivity index (χ1n) is 6.31. The minimum absolute atomic E-state index is 0.205. The van der Waals surface area contributed by atoms with Gasteiger partial charge in [-0.3, -0.25) is 0 Å². The molecule has 0 aliphatic carbocycles. The van der Waals surface area contributed by atoms with Crippen LogP contribution in [0.15, 0.2) is 18.2 Å². The molecule has 1 aromatic carbocycles. The lowest BCUT2D eigenvalue weighted by molar-refractivity contribution is 0.157. The van der Waals surface area contributed by atoms with Crippen molar-refractivity contribution in [2.45, 2.75) is 26.7 Å². The summed E-state index contributed by atoms with van der Waals surface area (Å²) in [6.45, 7) is 5.42. The molecular weight excluding hydrogens is 296 g/mol. The maximum Gasteiger partial charge on any atom is 0.231 e. The maximum absolute atomic E-state index is 5.90. The van der Waals surface area contributed by atoms with E-state index in [4.69, 9.17) is 14.2 Å². The van der Waals surface area contributed by atoms with Gasteiger partial charge in [0.2, 0.25) is 6.79 Å². The van der Waals surface area contributed by atoms with Crippen LogP contribution in [-0.2, 0) is 0 Å².